The molecule has 0 radical (unpaired) electrons. The van der Waals surface area contributed by atoms with Gasteiger partial charge in [0.1, 0.15) is 0 Å². The number of epoxide rings is 1. The molecule has 0 spiro atoms. The van der Waals surface area contributed by atoms with Crippen LogP contribution in [-0.4, -0.2) is 42.8 Å². The van der Waals surface area contributed by atoms with Crippen molar-refractivity contribution in [3.63, 3.8) is 0 Å². The molecule has 14 heavy (non-hydrogen) atoms. The predicted octanol–water partition coefficient (Wildman–Crippen LogP) is 0.588. The topological polar surface area (TPSA) is 49.9 Å². The Hall–Kier alpha value is -0.130. The quantitative estimate of drug-likeness (QED) is 0.606. The molecule has 2 fully saturated rings. The van der Waals surface area contributed by atoms with Crippen LogP contribution < -0.4 is 0 Å². The zero-order chi connectivity index (χ0) is 10.6. The van der Waals surface area contributed by atoms with Crippen LogP contribution in [0.5, 0.6) is 0 Å². The third-order valence-electron chi connectivity index (χ3n) is 2.85. The highest BCUT2D eigenvalue weighted by atomic mass is 32.2. The first kappa shape index (κ1) is 10.4. The molecule has 0 saturated carbocycles. The van der Waals surface area contributed by atoms with Gasteiger partial charge in [-0.25, -0.2) is 8.42 Å². The summed E-state index contributed by atoms with van der Waals surface area (Å²) in [7, 11) is -3.15. The summed E-state index contributed by atoms with van der Waals surface area (Å²) in [4.78, 5) is 0. The van der Waals surface area contributed by atoms with E-state index in [0.29, 0.717) is 19.2 Å². The van der Waals surface area contributed by atoms with Crippen molar-refractivity contribution in [2.24, 2.45) is 0 Å². The molecule has 2 saturated heterocycles. The fourth-order valence-corrected chi connectivity index (χ4v) is 3.23. The van der Waals surface area contributed by atoms with Crippen LogP contribution in [0, 0.1) is 0 Å². The Labute approximate surface area is 85.3 Å². The van der Waals surface area contributed by atoms with E-state index in [1.54, 1.807) is 25.1 Å². The van der Waals surface area contributed by atoms with E-state index >= 15 is 0 Å². The Kier molecular flexibility index (Phi) is 2.18. The molecule has 0 aromatic heterocycles. The third kappa shape index (κ3) is 1.57. The van der Waals surface area contributed by atoms with Crippen molar-refractivity contribution in [1.82, 2.24) is 4.31 Å². The van der Waals surface area contributed by atoms with Gasteiger partial charge >= 0.3 is 0 Å². The number of nitrogens with zero attached hydrogens (tertiary/aromatic N) is 1. The van der Waals surface area contributed by atoms with Crippen molar-refractivity contribution >= 4 is 10.0 Å². The van der Waals surface area contributed by atoms with E-state index in [-0.39, 0.29) is 6.10 Å². The minimum atomic E-state index is -3.15. The van der Waals surface area contributed by atoms with E-state index in [4.69, 9.17) is 4.74 Å². The smallest absolute Gasteiger partial charge is 0.219 e. The molecule has 0 aromatic carbocycles. The molecule has 0 aromatic rings. The molecule has 82 valence electrons. The summed E-state index contributed by atoms with van der Waals surface area (Å²) >= 11 is 0. The van der Waals surface area contributed by atoms with Crippen molar-refractivity contribution in [3.8, 4) is 0 Å². The molecular weight excluding hydrogens is 202 g/mol. The molecule has 2 aliphatic heterocycles. The second-order valence-electron chi connectivity index (χ2n) is 4.98. The van der Waals surface area contributed by atoms with Gasteiger partial charge in [0.05, 0.1) is 17.0 Å². The molecule has 2 heterocycles. The summed E-state index contributed by atoms with van der Waals surface area (Å²) in [6, 6.07) is 0. The highest BCUT2D eigenvalue weighted by molar-refractivity contribution is 7.90. The predicted molar refractivity (Wildman–Crippen MR) is 53.5 cm³/mol. The second-order valence-corrected chi connectivity index (χ2v) is 7.67. The van der Waals surface area contributed by atoms with Gasteiger partial charge in [-0.3, -0.25) is 0 Å². The molecule has 5 heteroatoms. The number of hydrogen-bond donors (Lipinski definition) is 0. The van der Waals surface area contributed by atoms with Gasteiger partial charge in [-0.1, -0.05) is 0 Å². The number of fused-ring (bicyclic) bond motifs is 1. The molecule has 0 aliphatic carbocycles. The average Bonchev–Trinajstić information content (AvgIpc) is 2.78. The third-order valence-corrected chi connectivity index (χ3v) is 5.41. The first-order valence-corrected chi connectivity index (χ1v) is 6.41. The van der Waals surface area contributed by atoms with Crippen molar-refractivity contribution in [1.29, 1.82) is 0 Å². The van der Waals surface area contributed by atoms with Gasteiger partial charge in [-0.15, -0.1) is 0 Å². The van der Waals surface area contributed by atoms with E-state index < -0.39 is 14.8 Å². The van der Waals surface area contributed by atoms with Crippen LogP contribution in [0.1, 0.15) is 27.2 Å². The Morgan fingerprint density at radius 3 is 2.43 bits per heavy atom. The Morgan fingerprint density at radius 1 is 1.29 bits per heavy atom. The average molecular weight is 219 g/mol. The van der Waals surface area contributed by atoms with Gasteiger partial charge in [0.15, 0.2) is 0 Å². The van der Waals surface area contributed by atoms with Gasteiger partial charge in [-0.05, 0) is 27.2 Å². The maximum absolute atomic E-state index is 12.0. The lowest BCUT2D eigenvalue weighted by molar-refractivity contribution is 0.350. The second kappa shape index (κ2) is 2.93. The van der Waals surface area contributed by atoms with Crippen LogP contribution >= 0.6 is 0 Å². The standard InChI is InChI=1S/C9H17NO3S/c1-9(2,3)14(11,12)10-5-4-7-8(6-10)13-7/h7-8H,4-6H2,1-3H3. The van der Waals surface area contributed by atoms with Crippen molar-refractivity contribution in [3.05, 3.63) is 0 Å². The van der Waals surface area contributed by atoms with E-state index in [2.05, 4.69) is 0 Å². The molecule has 2 rings (SSSR count). The van der Waals surface area contributed by atoms with Gasteiger partial charge in [-0.2, -0.15) is 4.31 Å². The van der Waals surface area contributed by atoms with Crippen molar-refractivity contribution in [2.45, 2.75) is 44.1 Å². The van der Waals surface area contributed by atoms with E-state index in [1.165, 1.54) is 0 Å². The van der Waals surface area contributed by atoms with E-state index in [0.717, 1.165) is 6.42 Å². The molecule has 0 amide bonds. The largest absolute Gasteiger partial charge is 0.368 e. The van der Waals surface area contributed by atoms with Crippen LogP contribution in [-0.2, 0) is 14.8 Å². The fraction of sp³-hybridized carbons (Fsp3) is 1.00. The molecule has 2 unspecified atom stereocenters. The first-order chi connectivity index (χ1) is 6.32. The van der Waals surface area contributed by atoms with Crippen LogP contribution in [0.25, 0.3) is 0 Å². The Bertz CT molecular complexity index is 330. The minimum absolute atomic E-state index is 0.167. The number of ether oxygens (including phenoxy) is 1. The number of rotatable bonds is 1. The van der Waals surface area contributed by atoms with Crippen LogP contribution in [0.4, 0.5) is 0 Å². The lowest BCUT2D eigenvalue weighted by Crippen LogP contribution is -2.47. The Morgan fingerprint density at radius 2 is 1.93 bits per heavy atom. The summed E-state index contributed by atoms with van der Waals surface area (Å²) < 4.78 is 30.3. The molecule has 0 N–H and O–H groups in total. The SMILES string of the molecule is CC(C)(C)S(=O)(=O)N1CCC2OC2C1. The summed E-state index contributed by atoms with van der Waals surface area (Å²) in [5.74, 6) is 0. The Balaban J connectivity index is 2.14. The van der Waals surface area contributed by atoms with Gasteiger partial charge in [0, 0.05) is 13.1 Å². The molecule has 2 aliphatic rings. The zero-order valence-corrected chi connectivity index (χ0v) is 9.67. The van der Waals surface area contributed by atoms with Crippen LogP contribution in [0.3, 0.4) is 0 Å². The monoisotopic (exact) mass is 219 g/mol. The minimum Gasteiger partial charge on any atom is -0.368 e. The number of sulfonamides is 1. The number of piperidine rings is 1. The van der Waals surface area contributed by atoms with Crippen LogP contribution in [0.2, 0.25) is 0 Å². The summed E-state index contributed by atoms with van der Waals surface area (Å²) in [6.45, 7) is 6.37. The maximum Gasteiger partial charge on any atom is 0.219 e. The highest BCUT2D eigenvalue weighted by Gasteiger charge is 2.48. The molecular formula is C9H17NO3S. The fourth-order valence-electron chi connectivity index (χ4n) is 1.76. The van der Waals surface area contributed by atoms with Crippen LogP contribution in [0.15, 0.2) is 0 Å². The summed E-state index contributed by atoms with van der Waals surface area (Å²) in [5, 5.41) is 0. The van der Waals surface area contributed by atoms with Crippen molar-refractivity contribution < 1.29 is 13.2 Å². The van der Waals surface area contributed by atoms with E-state index in [9.17, 15) is 8.42 Å². The maximum atomic E-state index is 12.0. The normalized spacial score (nSPS) is 33.9. The lowest BCUT2D eigenvalue weighted by Gasteiger charge is -2.30. The van der Waals surface area contributed by atoms with Gasteiger partial charge in [0.2, 0.25) is 10.0 Å². The lowest BCUT2D eigenvalue weighted by atomic mass is 10.2. The summed E-state index contributed by atoms with van der Waals surface area (Å²) in [6.07, 6.45) is 1.35. The zero-order valence-electron chi connectivity index (χ0n) is 8.86. The van der Waals surface area contributed by atoms with Crippen molar-refractivity contribution in [2.75, 3.05) is 13.1 Å². The molecule has 2 atom stereocenters. The first-order valence-electron chi connectivity index (χ1n) is 4.97. The van der Waals surface area contributed by atoms with Gasteiger partial charge in [0.25, 0.3) is 0 Å². The summed E-state index contributed by atoms with van der Waals surface area (Å²) in [5.41, 5.74) is 0. The molecule has 0 bridgehead atoms. The highest BCUT2D eigenvalue weighted by Crippen LogP contribution is 2.34. The number of hydrogen-bond acceptors (Lipinski definition) is 3. The van der Waals surface area contributed by atoms with E-state index in [1.807, 2.05) is 0 Å². The van der Waals surface area contributed by atoms with Gasteiger partial charge < -0.3 is 4.74 Å². The molecule has 4 nitrogen and oxygen atoms in total.